The maximum Gasteiger partial charge on any atom is 0.228 e. The predicted molar refractivity (Wildman–Crippen MR) is 87.7 cm³/mol. The number of hydrogen-bond acceptors (Lipinski definition) is 1. The van der Waals surface area contributed by atoms with Crippen LogP contribution in [0.5, 0.6) is 0 Å². The van der Waals surface area contributed by atoms with Gasteiger partial charge in [-0.05, 0) is 28.5 Å². The molecule has 1 N–H and O–H groups in total. The third-order valence-electron chi connectivity index (χ3n) is 3.40. The molecule has 3 rings (SSSR count). The number of rotatable bonds is 3. The Morgan fingerprint density at radius 2 is 1.77 bits per heavy atom. The lowest BCUT2D eigenvalue weighted by molar-refractivity contribution is -0.115. The highest BCUT2D eigenvalue weighted by Crippen LogP contribution is 2.22. The molecule has 1 amide bonds. The maximum atomic E-state index is 13.8. The van der Waals surface area contributed by atoms with E-state index in [1.54, 1.807) is 6.07 Å². The van der Waals surface area contributed by atoms with E-state index in [2.05, 4.69) is 5.32 Å². The minimum absolute atomic E-state index is 0.0106. The van der Waals surface area contributed by atoms with Crippen LogP contribution in [0.3, 0.4) is 0 Å². The number of halogens is 2. The molecule has 0 spiro atoms. The van der Waals surface area contributed by atoms with Gasteiger partial charge in [0.2, 0.25) is 5.91 Å². The number of carbonyl (C=O) groups is 1. The summed E-state index contributed by atoms with van der Waals surface area (Å²) in [5, 5.41) is 4.73. The zero-order valence-electron chi connectivity index (χ0n) is 11.6. The monoisotopic (exact) mass is 313 g/mol. The van der Waals surface area contributed by atoms with Crippen molar-refractivity contribution in [2.24, 2.45) is 0 Å². The smallest absolute Gasteiger partial charge is 0.228 e. The Kier molecular flexibility index (Phi) is 4.07. The van der Waals surface area contributed by atoms with Crippen LogP contribution in [-0.4, -0.2) is 5.91 Å². The van der Waals surface area contributed by atoms with Crippen molar-refractivity contribution in [1.82, 2.24) is 0 Å². The molecule has 22 heavy (non-hydrogen) atoms. The van der Waals surface area contributed by atoms with Gasteiger partial charge in [0.05, 0.1) is 17.1 Å². The summed E-state index contributed by atoms with van der Waals surface area (Å²) in [6.07, 6.45) is 0.177. The summed E-state index contributed by atoms with van der Waals surface area (Å²) in [6, 6.07) is 18.3. The average Bonchev–Trinajstić information content (AvgIpc) is 2.52. The van der Waals surface area contributed by atoms with Gasteiger partial charge in [0.25, 0.3) is 0 Å². The Labute approximate surface area is 132 Å². The molecule has 0 unspecified atom stereocenters. The molecule has 0 saturated carbocycles. The predicted octanol–water partition coefficient (Wildman–Crippen LogP) is 4.81. The molecule has 3 aromatic rings. The fraction of sp³-hybridized carbons (Fsp3) is 0.0556. The zero-order valence-corrected chi connectivity index (χ0v) is 12.4. The van der Waals surface area contributed by atoms with E-state index in [9.17, 15) is 9.18 Å². The Hall–Kier alpha value is -2.39. The molecule has 0 aliphatic carbocycles. The SMILES string of the molecule is O=C(Cc1ccc2ccccc2c1)Nc1cccc(Cl)c1F. The highest BCUT2D eigenvalue weighted by atomic mass is 35.5. The number of nitrogens with one attached hydrogen (secondary N) is 1. The van der Waals surface area contributed by atoms with E-state index < -0.39 is 5.82 Å². The van der Waals surface area contributed by atoms with Crippen LogP contribution in [0.2, 0.25) is 5.02 Å². The topological polar surface area (TPSA) is 29.1 Å². The standard InChI is InChI=1S/C18H13ClFNO/c19-15-6-3-7-16(18(15)20)21-17(22)11-12-8-9-13-4-1-2-5-14(13)10-12/h1-10H,11H2,(H,21,22). The molecular weight excluding hydrogens is 301 g/mol. The summed E-state index contributed by atoms with van der Waals surface area (Å²) in [7, 11) is 0. The second kappa shape index (κ2) is 6.16. The van der Waals surface area contributed by atoms with E-state index in [1.165, 1.54) is 12.1 Å². The molecule has 2 nitrogen and oxygen atoms in total. The number of amides is 1. The van der Waals surface area contributed by atoms with E-state index >= 15 is 0 Å². The Balaban J connectivity index is 1.76. The lowest BCUT2D eigenvalue weighted by Gasteiger charge is -2.08. The van der Waals surface area contributed by atoms with Crippen molar-refractivity contribution in [3.63, 3.8) is 0 Å². The summed E-state index contributed by atoms with van der Waals surface area (Å²) in [5.74, 6) is -0.896. The van der Waals surface area contributed by atoms with Crippen LogP contribution in [0.15, 0.2) is 60.7 Å². The van der Waals surface area contributed by atoms with Gasteiger partial charge in [-0.3, -0.25) is 4.79 Å². The van der Waals surface area contributed by atoms with Crippen LogP contribution < -0.4 is 5.32 Å². The molecule has 0 aliphatic rings. The molecule has 0 heterocycles. The molecule has 0 atom stereocenters. The lowest BCUT2D eigenvalue weighted by Crippen LogP contribution is -2.15. The number of fused-ring (bicyclic) bond motifs is 1. The third kappa shape index (κ3) is 3.10. The fourth-order valence-electron chi connectivity index (χ4n) is 2.33. The summed E-state index contributed by atoms with van der Waals surface area (Å²) in [5.41, 5.74) is 0.969. The second-order valence-electron chi connectivity index (χ2n) is 5.01. The molecule has 3 aromatic carbocycles. The van der Waals surface area contributed by atoms with E-state index in [1.807, 2.05) is 42.5 Å². The van der Waals surface area contributed by atoms with E-state index in [0.717, 1.165) is 16.3 Å². The highest BCUT2D eigenvalue weighted by molar-refractivity contribution is 6.31. The molecule has 0 radical (unpaired) electrons. The Morgan fingerprint density at radius 1 is 1.00 bits per heavy atom. The molecule has 0 saturated heterocycles. The highest BCUT2D eigenvalue weighted by Gasteiger charge is 2.10. The van der Waals surface area contributed by atoms with E-state index in [4.69, 9.17) is 11.6 Å². The van der Waals surface area contributed by atoms with Crippen LogP contribution in [0.1, 0.15) is 5.56 Å². The lowest BCUT2D eigenvalue weighted by atomic mass is 10.0. The second-order valence-corrected chi connectivity index (χ2v) is 5.42. The van der Waals surface area contributed by atoms with Crippen molar-refractivity contribution in [3.8, 4) is 0 Å². The first kappa shape index (κ1) is 14.5. The summed E-state index contributed by atoms with van der Waals surface area (Å²) in [6.45, 7) is 0. The normalized spacial score (nSPS) is 10.6. The van der Waals surface area contributed by atoms with Crippen molar-refractivity contribution < 1.29 is 9.18 Å². The van der Waals surface area contributed by atoms with Gasteiger partial charge in [-0.1, -0.05) is 60.1 Å². The third-order valence-corrected chi connectivity index (χ3v) is 3.70. The van der Waals surface area contributed by atoms with Crippen molar-refractivity contribution in [1.29, 1.82) is 0 Å². The molecule has 4 heteroatoms. The van der Waals surface area contributed by atoms with E-state index in [0.29, 0.717) is 0 Å². The Bertz CT molecular complexity index is 847. The molecule has 0 fully saturated rings. The van der Waals surface area contributed by atoms with Gasteiger partial charge in [0, 0.05) is 0 Å². The van der Waals surface area contributed by atoms with Crippen LogP contribution in [-0.2, 0) is 11.2 Å². The van der Waals surface area contributed by atoms with Crippen LogP contribution >= 0.6 is 11.6 Å². The molecule has 0 aliphatic heterocycles. The first-order chi connectivity index (χ1) is 10.6. The average molecular weight is 314 g/mol. The Morgan fingerprint density at radius 3 is 2.59 bits per heavy atom. The summed E-state index contributed by atoms with van der Waals surface area (Å²) >= 11 is 5.70. The summed E-state index contributed by atoms with van der Waals surface area (Å²) in [4.78, 5) is 12.1. The van der Waals surface area contributed by atoms with Gasteiger partial charge in [0.15, 0.2) is 5.82 Å². The summed E-state index contributed by atoms with van der Waals surface area (Å²) < 4.78 is 13.8. The van der Waals surface area contributed by atoms with Crippen molar-refractivity contribution in [2.45, 2.75) is 6.42 Å². The minimum atomic E-state index is -0.615. The molecule has 0 bridgehead atoms. The minimum Gasteiger partial charge on any atom is -0.323 e. The van der Waals surface area contributed by atoms with Gasteiger partial charge in [-0.2, -0.15) is 0 Å². The van der Waals surface area contributed by atoms with Crippen LogP contribution in [0.25, 0.3) is 10.8 Å². The first-order valence-electron chi connectivity index (χ1n) is 6.85. The van der Waals surface area contributed by atoms with Gasteiger partial charge >= 0.3 is 0 Å². The first-order valence-corrected chi connectivity index (χ1v) is 7.23. The van der Waals surface area contributed by atoms with Crippen molar-refractivity contribution >= 4 is 34.0 Å². The van der Waals surface area contributed by atoms with Crippen molar-refractivity contribution in [2.75, 3.05) is 5.32 Å². The van der Waals surface area contributed by atoms with Crippen LogP contribution in [0.4, 0.5) is 10.1 Å². The zero-order chi connectivity index (χ0) is 15.5. The van der Waals surface area contributed by atoms with E-state index in [-0.39, 0.29) is 23.0 Å². The largest absolute Gasteiger partial charge is 0.323 e. The molecule has 0 aromatic heterocycles. The number of hydrogen-bond donors (Lipinski definition) is 1. The number of benzene rings is 3. The quantitative estimate of drug-likeness (QED) is 0.738. The number of anilines is 1. The van der Waals surface area contributed by atoms with Gasteiger partial charge < -0.3 is 5.32 Å². The van der Waals surface area contributed by atoms with Crippen molar-refractivity contribution in [3.05, 3.63) is 77.1 Å². The number of carbonyl (C=O) groups excluding carboxylic acids is 1. The fourth-order valence-corrected chi connectivity index (χ4v) is 2.50. The van der Waals surface area contributed by atoms with Gasteiger partial charge in [-0.15, -0.1) is 0 Å². The molecule has 110 valence electrons. The van der Waals surface area contributed by atoms with Crippen LogP contribution in [0, 0.1) is 5.82 Å². The van der Waals surface area contributed by atoms with Gasteiger partial charge in [0.1, 0.15) is 0 Å². The van der Waals surface area contributed by atoms with Gasteiger partial charge in [-0.25, -0.2) is 4.39 Å². The molecular formula is C18H13ClFNO. The maximum absolute atomic E-state index is 13.8.